The van der Waals surface area contributed by atoms with Crippen LogP contribution in [0.1, 0.15) is 29.0 Å². The minimum atomic E-state index is -0.111. The van der Waals surface area contributed by atoms with Gasteiger partial charge < -0.3 is 4.74 Å². The van der Waals surface area contributed by atoms with Gasteiger partial charge in [0, 0.05) is 0 Å². The van der Waals surface area contributed by atoms with Gasteiger partial charge >= 0.3 is 0 Å². The van der Waals surface area contributed by atoms with Crippen LogP contribution in [-0.2, 0) is 0 Å². The van der Waals surface area contributed by atoms with Crippen molar-refractivity contribution < 1.29 is 4.74 Å². The maximum absolute atomic E-state index is 6.49. The van der Waals surface area contributed by atoms with Crippen LogP contribution in [0, 0.1) is 6.92 Å². The number of alkyl halides is 1. The predicted molar refractivity (Wildman–Crippen MR) is 76.5 cm³/mol. The summed E-state index contributed by atoms with van der Waals surface area (Å²) in [6, 6.07) is 16.2. The number of rotatable bonds is 4. The van der Waals surface area contributed by atoms with E-state index in [0.717, 1.165) is 16.9 Å². The molecule has 1 unspecified atom stereocenters. The van der Waals surface area contributed by atoms with Crippen molar-refractivity contribution in [3.63, 3.8) is 0 Å². The monoisotopic (exact) mass is 260 g/mol. The summed E-state index contributed by atoms with van der Waals surface area (Å²) in [6.07, 6.45) is 0. The van der Waals surface area contributed by atoms with E-state index < -0.39 is 0 Å². The quantitative estimate of drug-likeness (QED) is 0.723. The number of hydrogen-bond donors (Lipinski definition) is 0. The maximum atomic E-state index is 6.49. The molecular formula is C16H17ClO. The smallest absolute Gasteiger partial charge is 0.119 e. The number of halogens is 1. The lowest BCUT2D eigenvalue weighted by atomic mass is 10.0. The average Bonchev–Trinajstić information content (AvgIpc) is 2.39. The standard InChI is InChI=1S/C16H17ClO/c1-3-18-15-9-7-13(8-10-15)16(17)14-6-4-5-12(2)11-14/h4-11,16H,3H2,1-2H3. The molecule has 0 saturated heterocycles. The minimum Gasteiger partial charge on any atom is -0.494 e. The van der Waals surface area contributed by atoms with E-state index in [1.807, 2.05) is 37.3 Å². The molecule has 0 bridgehead atoms. The molecule has 2 heteroatoms. The lowest BCUT2D eigenvalue weighted by Gasteiger charge is -2.12. The van der Waals surface area contributed by atoms with Crippen LogP contribution < -0.4 is 4.74 Å². The molecule has 0 aliphatic carbocycles. The van der Waals surface area contributed by atoms with Crippen LogP contribution in [0.25, 0.3) is 0 Å². The summed E-state index contributed by atoms with van der Waals surface area (Å²) in [6.45, 7) is 4.73. The molecule has 18 heavy (non-hydrogen) atoms. The summed E-state index contributed by atoms with van der Waals surface area (Å²) in [5.74, 6) is 0.884. The highest BCUT2D eigenvalue weighted by atomic mass is 35.5. The summed E-state index contributed by atoms with van der Waals surface area (Å²) in [5, 5.41) is -0.111. The second-order valence-electron chi connectivity index (χ2n) is 4.28. The number of aryl methyl sites for hydroxylation is 1. The molecule has 0 amide bonds. The zero-order chi connectivity index (χ0) is 13.0. The first-order chi connectivity index (χ1) is 8.70. The fraction of sp³-hybridized carbons (Fsp3) is 0.250. The third-order valence-corrected chi connectivity index (χ3v) is 3.32. The molecule has 1 atom stereocenters. The zero-order valence-corrected chi connectivity index (χ0v) is 11.4. The molecule has 0 fully saturated rings. The molecule has 0 aliphatic rings. The Balaban J connectivity index is 2.20. The van der Waals surface area contributed by atoms with Gasteiger partial charge in [-0.1, -0.05) is 42.0 Å². The van der Waals surface area contributed by atoms with E-state index >= 15 is 0 Å². The van der Waals surface area contributed by atoms with Crippen LogP contribution in [0.15, 0.2) is 48.5 Å². The summed E-state index contributed by atoms with van der Waals surface area (Å²) >= 11 is 6.49. The Kier molecular flexibility index (Phi) is 4.27. The van der Waals surface area contributed by atoms with Gasteiger partial charge in [0.2, 0.25) is 0 Å². The van der Waals surface area contributed by atoms with Crippen LogP contribution in [0.5, 0.6) is 5.75 Å². The topological polar surface area (TPSA) is 9.23 Å². The lowest BCUT2D eigenvalue weighted by Crippen LogP contribution is -1.95. The normalized spacial score (nSPS) is 12.2. The fourth-order valence-corrected chi connectivity index (χ4v) is 2.20. The van der Waals surface area contributed by atoms with Gasteiger partial charge in [-0.2, -0.15) is 0 Å². The second kappa shape index (κ2) is 5.92. The number of benzene rings is 2. The SMILES string of the molecule is CCOc1ccc(C(Cl)c2cccc(C)c2)cc1. The van der Waals surface area contributed by atoms with Crippen molar-refractivity contribution in [1.29, 1.82) is 0 Å². The van der Waals surface area contributed by atoms with Gasteiger partial charge in [0.15, 0.2) is 0 Å². The van der Waals surface area contributed by atoms with Crippen LogP contribution >= 0.6 is 11.6 Å². The zero-order valence-electron chi connectivity index (χ0n) is 10.7. The Labute approximate surface area is 113 Å². The summed E-state index contributed by atoms with van der Waals surface area (Å²) in [5.41, 5.74) is 3.44. The molecule has 0 N–H and O–H groups in total. The molecular weight excluding hydrogens is 244 g/mol. The van der Waals surface area contributed by atoms with Crippen molar-refractivity contribution in [1.82, 2.24) is 0 Å². The minimum absolute atomic E-state index is 0.111. The van der Waals surface area contributed by atoms with Gasteiger partial charge in [0.25, 0.3) is 0 Å². The lowest BCUT2D eigenvalue weighted by molar-refractivity contribution is 0.340. The molecule has 0 heterocycles. The molecule has 0 spiro atoms. The molecule has 0 radical (unpaired) electrons. The Bertz CT molecular complexity index is 505. The predicted octanol–water partition coefficient (Wildman–Crippen LogP) is 4.72. The third kappa shape index (κ3) is 3.05. The third-order valence-electron chi connectivity index (χ3n) is 2.82. The molecule has 0 aromatic heterocycles. The van der Waals surface area contributed by atoms with Crippen molar-refractivity contribution in [3.8, 4) is 5.75 Å². The van der Waals surface area contributed by atoms with Crippen molar-refractivity contribution in [2.75, 3.05) is 6.61 Å². The van der Waals surface area contributed by atoms with E-state index in [2.05, 4.69) is 25.1 Å². The van der Waals surface area contributed by atoms with E-state index in [1.54, 1.807) is 0 Å². The highest BCUT2D eigenvalue weighted by molar-refractivity contribution is 6.22. The Morgan fingerprint density at radius 1 is 1.06 bits per heavy atom. The van der Waals surface area contributed by atoms with Gasteiger partial charge in [-0.3, -0.25) is 0 Å². The van der Waals surface area contributed by atoms with E-state index in [-0.39, 0.29) is 5.38 Å². The highest BCUT2D eigenvalue weighted by Crippen LogP contribution is 2.30. The van der Waals surface area contributed by atoms with Gasteiger partial charge in [-0.25, -0.2) is 0 Å². The first-order valence-corrected chi connectivity index (χ1v) is 6.57. The van der Waals surface area contributed by atoms with Gasteiger partial charge in [0.05, 0.1) is 12.0 Å². The van der Waals surface area contributed by atoms with Crippen molar-refractivity contribution >= 4 is 11.6 Å². The van der Waals surface area contributed by atoms with Gasteiger partial charge in [-0.15, -0.1) is 11.6 Å². The molecule has 94 valence electrons. The molecule has 1 nitrogen and oxygen atoms in total. The Morgan fingerprint density at radius 2 is 1.78 bits per heavy atom. The van der Waals surface area contributed by atoms with Crippen LogP contribution in [-0.4, -0.2) is 6.61 Å². The molecule has 0 aliphatic heterocycles. The second-order valence-corrected chi connectivity index (χ2v) is 4.72. The summed E-state index contributed by atoms with van der Waals surface area (Å²) in [4.78, 5) is 0. The van der Waals surface area contributed by atoms with Crippen LogP contribution in [0.3, 0.4) is 0 Å². The molecule has 2 aromatic carbocycles. The largest absolute Gasteiger partial charge is 0.494 e. The van der Waals surface area contributed by atoms with Crippen LogP contribution in [0.2, 0.25) is 0 Å². The van der Waals surface area contributed by atoms with Gasteiger partial charge in [-0.05, 0) is 37.1 Å². The summed E-state index contributed by atoms with van der Waals surface area (Å²) in [7, 11) is 0. The van der Waals surface area contributed by atoms with E-state index in [4.69, 9.17) is 16.3 Å². The number of ether oxygens (including phenoxy) is 1. The number of hydrogen-bond acceptors (Lipinski definition) is 1. The van der Waals surface area contributed by atoms with E-state index in [9.17, 15) is 0 Å². The fourth-order valence-electron chi connectivity index (χ4n) is 1.92. The molecule has 0 saturated carbocycles. The highest BCUT2D eigenvalue weighted by Gasteiger charge is 2.10. The first kappa shape index (κ1) is 13.0. The van der Waals surface area contributed by atoms with E-state index in [1.165, 1.54) is 5.56 Å². The van der Waals surface area contributed by atoms with E-state index in [0.29, 0.717) is 6.61 Å². The summed E-state index contributed by atoms with van der Waals surface area (Å²) < 4.78 is 5.42. The maximum Gasteiger partial charge on any atom is 0.119 e. The molecule has 2 rings (SSSR count). The first-order valence-electron chi connectivity index (χ1n) is 6.14. The van der Waals surface area contributed by atoms with Crippen molar-refractivity contribution in [2.24, 2.45) is 0 Å². The van der Waals surface area contributed by atoms with Crippen LogP contribution in [0.4, 0.5) is 0 Å². The van der Waals surface area contributed by atoms with Crippen molar-refractivity contribution in [2.45, 2.75) is 19.2 Å². The average molecular weight is 261 g/mol. The molecule has 2 aromatic rings. The Morgan fingerprint density at radius 3 is 2.39 bits per heavy atom. The Hall–Kier alpha value is -1.47. The van der Waals surface area contributed by atoms with Crippen molar-refractivity contribution in [3.05, 3.63) is 65.2 Å². The van der Waals surface area contributed by atoms with Gasteiger partial charge in [0.1, 0.15) is 5.75 Å².